The summed E-state index contributed by atoms with van der Waals surface area (Å²) in [7, 11) is 0. The minimum Gasteiger partial charge on any atom is -0.246 e. The summed E-state index contributed by atoms with van der Waals surface area (Å²) in [5.74, 6) is 0. The summed E-state index contributed by atoms with van der Waals surface area (Å²) in [5.41, 5.74) is 3.12. The summed E-state index contributed by atoms with van der Waals surface area (Å²) in [5, 5.41) is 2.06. The number of hydrogen-bond acceptors (Lipinski definition) is 1. The number of alkyl halides is 1. The third-order valence-corrected chi connectivity index (χ3v) is 3.27. The number of benzene rings is 1. The van der Waals surface area contributed by atoms with Crippen LogP contribution < -0.4 is 0 Å². The molecule has 0 saturated heterocycles. The van der Waals surface area contributed by atoms with Crippen LogP contribution >= 0.6 is 11.3 Å². The van der Waals surface area contributed by atoms with Gasteiger partial charge in [0, 0.05) is 4.88 Å². The second-order valence-corrected chi connectivity index (χ2v) is 4.18. The highest BCUT2D eigenvalue weighted by molar-refractivity contribution is 7.13. The van der Waals surface area contributed by atoms with E-state index in [9.17, 15) is 4.39 Å². The third kappa shape index (κ3) is 1.70. The van der Waals surface area contributed by atoms with Crippen LogP contribution in [0.2, 0.25) is 0 Å². The fraction of sp³-hybridized carbons (Fsp3) is 0.167. The topological polar surface area (TPSA) is 0 Å². The summed E-state index contributed by atoms with van der Waals surface area (Å²) in [6.07, 6.45) is 0. The Kier molecular flexibility index (Phi) is 2.64. The van der Waals surface area contributed by atoms with E-state index in [1.165, 1.54) is 10.4 Å². The van der Waals surface area contributed by atoms with Gasteiger partial charge in [-0.2, -0.15) is 0 Å². The van der Waals surface area contributed by atoms with E-state index in [4.69, 9.17) is 0 Å². The van der Waals surface area contributed by atoms with E-state index in [1.807, 2.05) is 24.3 Å². The Labute approximate surface area is 87.0 Å². The van der Waals surface area contributed by atoms with Gasteiger partial charge in [-0.05, 0) is 41.1 Å². The molecule has 1 aromatic carbocycles. The minimum atomic E-state index is -0.391. The Morgan fingerprint density at radius 2 is 2.14 bits per heavy atom. The maximum Gasteiger partial charge on any atom is 0.115 e. The Morgan fingerprint density at radius 1 is 1.29 bits per heavy atom. The zero-order valence-corrected chi connectivity index (χ0v) is 8.77. The van der Waals surface area contributed by atoms with Gasteiger partial charge in [0.1, 0.15) is 6.67 Å². The Balaban J connectivity index is 2.47. The van der Waals surface area contributed by atoms with Gasteiger partial charge in [0.15, 0.2) is 0 Å². The van der Waals surface area contributed by atoms with Crippen molar-refractivity contribution in [3.63, 3.8) is 0 Å². The average Bonchev–Trinajstić information content (AvgIpc) is 2.65. The normalized spacial score (nSPS) is 10.4. The molecule has 0 aliphatic rings. The van der Waals surface area contributed by atoms with Gasteiger partial charge in [0.05, 0.1) is 0 Å². The van der Waals surface area contributed by atoms with Crippen LogP contribution in [0.1, 0.15) is 11.1 Å². The van der Waals surface area contributed by atoms with Crippen LogP contribution in [0.3, 0.4) is 0 Å². The van der Waals surface area contributed by atoms with Crippen LogP contribution in [0.5, 0.6) is 0 Å². The first kappa shape index (κ1) is 9.41. The van der Waals surface area contributed by atoms with Crippen molar-refractivity contribution in [1.29, 1.82) is 0 Å². The van der Waals surface area contributed by atoms with Crippen LogP contribution in [0.15, 0.2) is 35.7 Å². The Bertz CT molecular complexity index is 431. The van der Waals surface area contributed by atoms with Crippen molar-refractivity contribution in [3.8, 4) is 10.4 Å². The molecule has 0 radical (unpaired) electrons. The van der Waals surface area contributed by atoms with Gasteiger partial charge in [-0.1, -0.05) is 18.2 Å². The van der Waals surface area contributed by atoms with Crippen LogP contribution in [0.4, 0.5) is 4.39 Å². The number of halogens is 1. The zero-order valence-electron chi connectivity index (χ0n) is 7.96. The predicted molar refractivity (Wildman–Crippen MR) is 59.3 cm³/mol. The SMILES string of the molecule is Cc1ccsc1-c1cccc(CF)c1. The molecule has 0 aliphatic heterocycles. The molecule has 0 atom stereocenters. The molecule has 0 bridgehead atoms. The number of aryl methyl sites for hydroxylation is 1. The van der Waals surface area contributed by atoms with E-state index in [0.29, 0.717) is 0 Å². The summed E-state index contributed by atoms with van der Waals surface area (Å²) in [6.45, 7) is 1.69. The fourth-order valence-corrected chi connectivity index (χ4v) is 2.39. The van der Waals surface area contributed by atoms with E-state index in [1.54, 1.807) is 11.3 Å². The van der Waals surface area contributed by atoms with Crippen molar-refractivity contribution < 1.29 is 4.39 Å². The Hall–Kier alpha value is -1.15. The largest absolute Gasteiger partial charge is 0.246 e. The van der Waals surface area contributed by atoms with Crippen molar-refractivity contribution >= 4 is 11.3 Å². The molecule has 1 heterocycles. The number of rotatable bonds is 2. The van der Waals surface area contributed by atoms with E-state index in [2.05, 4.69) is 18.4 Å². The van der Waals surface area contributed by atoms with Crippen molar-refractivity contribution in [2.45, 2.75) is 13.6 Å². The molecule has 0 aliphatic carbocycles. The lowest BCUT2D eigenvalue weighted by atomic mass is 10.1. The van der Waals surface area contributed by atoms with Gasteiger partial charge in [-0.25, -0.2) is 4.39 Å². The second-order valence-electron chi connectivity index (χ2n) is 3.27. The molecule has 0 saturated carbocycles. The van der Waals surface area contributed by atoms with E-state index in [0.717, 1.165) is 11.1 Å². The highest BCUT2D eigenvalue weighted by Gasteiger charge is 2.03. The smallest absolute Gasteiger partial charge is 0.115 e. The van der Waals surface area contributed by atoms with E-state index < -0.39 is 6.67 Å². The van der Waals surface area contributed by atoms with Crippen molar-refractivity contribution in [1.82, 2.24) is 0 Å². The summed E-state index contributed by atoms with van der Waals surface area (Å²) in [4.78, 5) is 1.24. The van der Waals surface area contributed by atoms with Gasteiger partial charge in [-0.3, -0.25) is 0 Å². The monoisotopic (exact) mass is 206 g/mol. The first-order valence-corrected chi connectivity index (χ1v) is 5.38. The predicted octanol–water partition coefficient (Wildman–Crippen LogP) is 4.19. The lowest BCUT2D eigenvalue weighted by molar-refractivity contribution is 0.485. The van der Waals surface area contributed by atoms with Crippen molar-refractivity contribution in [3.05, 3.63) is 46.8 Å². The maximum absolute atomic E-state index is 12.5. The summed E-state index contributed by atoms with van der Waals surface area (Å²) in [6, 6.07) is 9.74. The standard InChI is InChI=1S/C12H11FS/c1-9-5-6-14-12(9)11-4-2-3-10(7-11)8-13/h2-7H,8H2,1H3. The van der Waals surface area contributed by atoms with Crippen LogP contribution in [0.25, 0.3) is 10.4 Å². The van der Waals surface area contributed by atoms with Crippen LogP contribution in [-0.4, -0.2) is 0 Å². The molecule has 2 aromatic rings. The van der Waals surface area contributed by atoms with Gasteiger partial charge >= 0.3 is 0 Å². The Morgan fingerprint density at radius 3 is 2.79 bits per heavy atom. The van der Waals surface area contributed by atoms with Crippen LogP contribution in [-0.2, 0) is 6.67 Å². The summed E-state index contributed by atoms with van der Waals surface area (Å²) >= 11 is 1.70. The number of hydrogen-bond donors (Lipinski definition) is 0. The van der Waals surface area contributed by atoms with Gasteiger partial charge < -0.3 is 0 Å². The van der Waals surface area contributed by atoms with Crippen molar-refractivity contribution in [2.75, 3.05) is 0 Å². The lowest BCUT2D eigenvalue weighted by Crippen LogP contribution is -1.80. The van der Waals surface area contributed by atoms with Crippen molar-refractivity contribution in [2.24, 2.45) is 0 Å². The van der Waals surface area contributed by atoms with E-state index in [-0.39, 0.29) is 0 Å². The number of thiophene rings is 1. The molecule has 0 spiro atoms. The maximum atomic E-state index is 12.5. The summed E-state index contributed by atoms with van der Waals surface area (Å²) < 4.78 is 12.5. The molecule has 0 unspecified atom stereocenters. The zero-order chi connectivity index (χ0) is 9.97. The lowest BCUT2D eigenvalue weighted by Gasteiger charge is -2.01. The average molecular weight is 206 g/mol. The molecule has 2 heteroatoms. The molecular weight excluding hydrogens is 195 g/mol. The quantitative estimate of drug-likeness (QED) is 0.691. The minimum absolute atomic E-state index is 0.391. The molecule has 0 N–H and O–H groups in total. The molecular formula is C12H11FS. The van der Waals surface area contributed by atoms with Gasteiger partial charge in [0.2, 0.25) is 0 Å². The molecule has 2 rings (SSSR count). The molecule has 72 valence electrons. The van der Waals surface area contributed by atoms with Gasteiger partial charge in [0.25, 0.3) is 0 Å². The highest BCUT2D eigenvalue weighted by Crippen LogP contribution is 2.29. The fourth-order valence-electron chi connectivity index (χ4n) is 1.46. The van der Waals surface area contributed by atoms with Gasteiger partial charge in [-0.15, -0.1) is 11.3 Å². The van der Waals surface area contributed by atoms with Crippen LogP contribution in [0, 0.1) is 6.92 Å². The molecule has 0 nitrogen and oxygen atoms in total. The first-order valence-electron chi connectivity index (χ1n) is 4.50. The molecule has 0 fully saturated rings. The third-order valence-electron chi connectivity index (χ3n) is 2.21. The molecule has 1 aromatic heterocycles. The molecule has 14 heavy (non-hydrogen) atoms. The second kappa shape index (κ2) is 3.93. The van der Waals surface area contributed by atoms with E-state index >= 15 is 0 Å². The highest BCUT2D eigenvalue weighted by atomic mass is 32.1. The molecule has 0 amide bonds. The first-order chi connectivity index (χ1) is 6.81.